The molecule has 1 amide bonds. The van der Waals surface area contributed by atoms with Crippen LogP contribution >= 0.6 is 12.4 Å². The molecule has 2 aromatic rings. The number of aromatic nitrogens is 2. The van der Waals surface area contributed by atoms with E-state index in [0.29, 0.717) is 18.3 Å². The van der Waals surface area contributed by atoms with Gasteiger partial charge in [-0.3, -0.25) is 14.4 Å². The lowest BCUT2D eigenvalue weighted by molar-refractivity contribution is 0.0944. The maximum absolute atomic E-state index is 12.5. The molecule has 3 heterocycles. The lowest BCUT2D eigenvalue weighted by atomic mass is 9.98. The van der Waals surface area contributed by atoms with E-state index in [4.69, 9.17) is 0 Å². The first-order valence-electron chi connectivity index (χ1n) is 11.0. The van der Waals surface area contributed by atoms with Gasteiger partial charge in [0.25, 0.3) is 5.91 Å². The lowest BCUT2D eigenvalue weighted by Crippen LogP contribution is -2.32. The van der Waals surface area contributed by atoms with Crippen molar-refractivity contribution in [2.24, 2.45) is 5.92 Å². The van der Waals surface area contributed by atoms with Gasteiger partial charge in [-0.25, -0.2) is 0 Å². The van der Waals surface area contributed by atoms with Crippen molar-refractivity contribution in [1.82, 2.24) is 25.3 Å². The van der Waals surface area contributed by atoms with Gasteiger partial charge in [-0.2, -0.15) is 5.10 Å². The van der Waals surface area contributed by atoms with Crippen LogP contribution in [-0.4, -0.2) is 46.8 Å². The molecule has 1 aromatic heterocycles. The molecule has 2 fully saturated rings. The third-order valence-corrected chi connectivity index (χ3v) is 6.21. The van der Waals surface area contributed by atoms with Gasteiger partial charge < -0.3 is 10.6 Å². The number of carbonyl (C=O) groups excluding carboxylic acids is 1. The lowest BCUT2D eigenvalue weighted by Gasteiger charge is -2.30. The van der Waals surface area contributed by atoms with Crippen LogP contribution in [0.4, 0.5) is 0 Å². The third kappa shape index (κ3) is 6.06. The molecule has 0 aliphatic carbocycles. The fourth-order valence-corrected chi connectivity index (χ4v) is 4.31. The minimum absolute atomic E-state index is 0. The molecule has 0 bridgehead atoms. The minimum Gasteiger partial charge on any atom is -0.347 e. The van der Waals surface area contributed by atoms with Crippen LogP contribution in [0.2, 0.25) is 0 Å². The molecule has 6 nitrogen and oxygen atoms in total. The fourth-order valence-electron chi connectivity index (χ4n) is 4.31. The summed E-state index contributed by atoms with van der Waals surface area (Å²) in [5, 5.41) is 10.9. The van der Waals surface area contributed by atoms with E-state index in [2.05, 4.69) is 51.8 Å². The number of benzene rings is 1. The standard InChI is InChI=1S/C23H33N5O.ClH/c1-18-7-11-27(12-8-18)17-20-5-2-4-19(14-20)15-25-23(29)22-9-13-28(26-22)21-6-3-10-24-16-21;/h2,4-5,9,13-14,18,21,24H,3,6-8,10-12,15-17H2,1H3,(H,25,29);1H. The molecule has 164 valence electrons. The summed E-state index contributed by atoms with van der Waals surface area (Å²) in [5.74, 6) is 0.744. The molecule has 0 saturated carbocycles. The van der Waals surface area contributed by atoms with Crippen LogP contribution in [-0.2, 0) is 13.1 Å². The van der Waals surface area contributed by atoms with Crippen molar-refractivity contribution < 1.29 is 4.79 Å². The van der Waals surface area contributed by atoms with Gasteiger partial charge in [0.2, 0.25) is 0 Å². The van der Waals surface area contributed by atoms with E-state index >= 15 is 0 Å². The van der Waals surface area contributed by atoms with E-state index in [1.807, 2.05) is 16.9 Å². The number of likely N-dealkylation sites (tertiary alicyclic amines) is 1. The first-order valence-corrected chi connectivity index (χ1v) is 11.0. The number of amides is 1. The Bertz CT molecular complexity index is 809. The summed E-state index contributed by atoms with van der Waals surface area (Å²) in [6.07, 6.45) is 6.77. The molecule has 30 heavy (non-hydrogen) atoms. The number of rotatable bonds is 6. The van der Waals surface area contributed by atoms with Crippen LogP contribution in [0.15, 0.2) is 36.5 Å². The zero-order valence-electron chi connectivity index (χ0n) is 17.8. The minimum atomic E-state index is -0.108. The Hall–Kier alpha value is -1.89. The summed E-state index contributed by atoms with van der Waals surface area (Å²) in [6, 6.07) is 10.7. The van der Waals surface area contributed by atoms with E-state index in [1.165, 1.54) is 31.5 Å². The number of hydrogen-bond acceptors (Lipinski definition) is 4. The first kappa shape index (κ1) is 22.8. The van der Waals surface area contributed by atoms with Gasteiger partial charge >= 0.3 is 0 Å². The van der Waals surface area contributed by atoms with Crippen molar-refractivity contribution in [2.45, 2.75) is 51.7 Å². The van der Waals surface area contributed by atoms with Crippen molar-refractivity contribution in [3.63, 3.8) is 0 Å². The van der Waals surface area contributed by atoms with Crippen molar-refractivity contribution >= 4 is 18.3 Å². The maximum Gasteiger partial charge on any atom is 0.272 e. The van der Waals surface area contributed by atoms with Crippen LogP contribution in [0.25, 0.3) is 0 Å². The molecular formula is C23H34ClN5O. The summed E-state index contributed by atoms with van der Waals surface area (Å²) in [5.41, 5.74) is 2.95. The first-order chi connectivity index (χ1) is 14.2. The van der Waals surface area contributed by atoms with Crippen LogP contribution in [0, 0.1) is 5.92 Å². The zero-order valence-corrected chi connectivity index (χ0v) is 18.7. The topological polar surface area (TPSA) is 62.2 Å². The quantitative estimate of drug-likeness (QED) is 0.735. The van der Waals surface area contributed by atoms with E-state index in [1.54, 1.807) is 0 Å². The number of carbonyl (C=O) groups is 1. The second-order valence-corrected chi connectivity index (χ2v) is 8.64. The Morgan fingerprint density at radius 3 is 2.77 bits per heavy atom. The number of halogens is 1. The highest BCUT2D eigenvalue weighted by atomic mass is 35.5. The summed E-state index contributed by atoms with van der Waals surface area (Å²) in [7, 11) is 0. The molecular weight excluding hydrogens is 398 g/mol. The molecule has 1 atom stereocenters. The van der Waals surface area contributed by atoms with E-state index in [9.17, 15) is 4.79 Å². The molecule has 7 heteroatoms. The summed E-state index contributed by atoms with van der Waals surface area (Å²) >= 11 is 0. The molecule has 1 aromatic carbocycles. The van der Waals surface area contributed by atoms with Crippen molar-refractivity contribution in [2.75, 3.05) is 26.2 Å². The number of nitrogens with zero attached hydrogens (tertiary/aromatic N) is 3. The van der Waals surface area contributed by atoms with E-state index in [0.717, 1.165) is 44.0 Å². The Morgan fingerprint density at radius 1 is 1.20 bits per heavy atom. The zero-order chi connectivity index (χ0) is 20.1. The molecule has 1 unspecified atom stereocenters. The molecule has 0 radical (unpaired) electrons. The SMILES string of the molecule is CC1CCN(Cc2cccc(CNC(=O)c3ccn(C4CCCNC4)n3)c2)CC1.Cl. The van der Waals surface area contributed by atoms with E-state index in [-0.39, 0.29) is 18.3 Å². The van der Waals surface area contributed by atoms with Gasteiger partial charge in [-0.05, 0) is 68.4 Å². The fraction of sp³-hybridized carbons (Fsp3) is 0.565. The maximum atomic E-state index is 12.5. The highest BCUT2D eigenvalue weighted by Crippen LogP contribution is 2.19. The van der Waals surface area contributed by atoms with Crippen LogP contribution in [0.5, 0.6) is 0 Å². The third-order valence-electron chi connectivity index (χ3n) is 6.21. The second kappa shape index (κ2) is 10.9. The van der Waals surface area contributed by atoms with Gasteiger partial charge in [-0.15, -0.1) is 12.4 Å². The predicted molar refractivity (Wildman–Crippen MR) is 122 cm³/mol. The van der Waals surface area contributed by atoms with Crippen LogP contribution < -0.4 is 10.6 Å². The molecule has 0 spiro atoms. The summed E-state index contributed by atoms with van der Waals surface area (Å²) in [4.78, 5) is 15.1. The monoisotopic (exact) mass is 431 g/mol. The molecule has 2 N–H and O–H groups in total. The Morgan fingerprint density at radius 2 is 2.00 bits per heavy atom. The van der Waals surface area contributed by atoms with E-state index < -0.39 is 0 Å². The highest BCUT2D eigenvalue weighted by Gasteiger charge is 2.18. The van der Waals surface area contributed by atoms with Gasteiger partial charge in [0.05, 0.1) is 6.04 Å². The molecule has 2 aliphatic heterocycles. The highest BCUT2D eigenvalue weighted by molar-refractivity contribution is 5.92. The van der Waals surface area contributed by atoms with Gasteiger partial charge in [0, 0.05) is 25.8 Å². The van der Waals surface area contributed by atoms with Gasteiger partial charge in [0.1, 0.15) is 5.69 Å². The molecule has 2 aliphatic rings. The van der Waals surface area contributed by atoms with Crippen LogP contribution in [0.3, 0.4) is 0 Å². The smallest absolute Gasteiger partial charge is 0.272 e. The Kier molecular flexibility index (Phi) is 8.31. The Balaban J connectivity index is 0.00000256. The van der Waals surface area contributed by atoms with Crippen molar-refractivity contribution in [3.05, 3.63) is 53.3 Å². The van der Waals surface area contributed by atoms with Crippen LogP contribution in [0.1, 0.15) is 60.3 Å². The molecule has 4 rings (SSSR count). The summed E-state index contributed by atoms with van der Waals surface area (Å²) in [6.45, 7) is 8.22. The average molecular weight is 432 g/mol. The van der Waals surface area contributed by atoms with Gasteiger partial charge in [-0.1, -0.05) is 31.2 Å². The number of nitrogens with one attached hydrogen (secondary N) is 2. The average Bonchev–Trinajstić information content (AvgIpc) is 3.25. The van der Waals surface area contributed by atoms with Crippen molar-refractivity contribution in [3.8, 4) is 0 Å². The Labute approximate surface area is 185 Å². The predicted octanol–water partition coefficient (Wildman–Crippen LogP) is 3.39. The number of hydrogen-bond donors (Lipinski definition) is 2. The summed E-state index contributed by atoms with van der Waals surface area (Å²) < 4.78 is 1.93. The molecule has 2 saturated heterocycles. The van der Waals surface area contributed by atoms with Gasteiger partial charge in [0.15, 0.2) is 0 Å². The second-order valence-electron chi connectivity index (χ2n) is 8.64. The van der Waals surface area contributed by atoms with Crippen molar-refractivity contribution in [1.29, 1.82) is 0 Å². The largest absolute Gasteiger partial charge is 0.347 e. The number of piperidine rings is 2. The normalized spacial score (nSPS) is 20.5.